The maximum atomic E-state index is 14.2. The van der Waals surface area contributed by atoms with E-state index in [9.17, 15) is 14.0 Å². The van der Waals surface area contributed by atoms with Gasteiger partial charge in [0.25, 0.3) is 5.91 Å². The maximum Gasteiger partial charge on any atom is 0.292 e. The number of amides is 2. The number of benzene rings is 2. The molecule has 3 heterocycles. The van der Waals surface area contributed by atoms with Crippen molar-refractivity contribution in [3.05, 3.63) is 77.8 Å². The summed E-state index contributed by atoms with van der Waals surface area (Å²) in [6.07, 6.45) is 1.88. The lowest BCUT2D eigenvalue weighted by atomic mass is 9.72. The first-order chi connectivity index (χ1) is 17.5. The van der Waals surface area contributed by atoms with Gasteiger partial charge in [-0.05, 0) is 43.9 Å². The molecule has 2 atom stereocenters. The lowest BCUT2D eigenvalue weighted by Gasteiger charge is -2.49. The van der Waals surface area contributed by atoms with Crippen molar-refractivity contribution < 1.29 is 23.2 Å². The second-order valence-corrected chi connectivity index (χ2v) is 9.62. The van der Waals surface area contributed by atoms with Crippen molar-refractivity contribution in [2.24, 2.45) is 5.41 Å². The number of piperidine rings is 2. The van der Waals surface area contributed by atoms with Crippen LogP contribution in [0.5, 0.6) is 0 Å². The Morgan fingerprint density at radius 1 is 1.19 bits per heavy atom. The van der Waals surface area contributed by atoms with Crippen molar-refractivity contribution in [1.29, 1.82) is 0 Å². The molecule has 2 aromatic carbocycles. The number of carbonyl (C=O) groups excluding carboxylic acids is 2. The summed E-state index contributed by atoms with van der Waals surface area (Å²) in [5.41, 5.74) is 0.885. The number of halogens is 1. The third-order valence-electron chi connectivity index (χ3n) is 7.14. The highest BCUT2D eigenvalue weighted by Gasteiger charge is 2.50. The van der Waals surface area contributed by atoms with E-state index in [0.29, 0.717) is 45.5 Å². The topological polar surface area (TPSA) is 75.9 Å². The van der Waals surface area contributed by atoms with E-state index in [4.69, 9.17) is 9.26 Å². The summed E-state index contributed by atoms with van der Waals surface area (Å²) in [4.78, 5) is 30.8. The second-order valence-electron chi connectivity index (χ2n) is 9.62. The molecule has 0 unspecified atom stereocenters. The van der Waals surface area contributed by atoms with Gasteiger partial charge in [0.05, 0.1) is 11.5 Å². The van der Waals surface area contributed by atoms with Crippen LogP contribution in [0.15, 0.2) is 65.2 Å². The van der Waals surface area contributed by atoms with Crippen molar-refractivity contribution in [1.82, 2.24) is 15.0 Å². The van der Waals surface area contributed by atoms with Gasteiger partial charge in [-0.3, -0.25) is 9.59 Å². The van der Waals surface area contributed by atoms with E-state index in [2.05, 4.69) is 5.16 Å². The largest absolute Gasteiger partial charge is 0.377 e. The van der Waals surface area contributed by atoms with Crippen LogP contribution in [0, 0.1) is 11.2 Å². The molecule has 2 fully saturated rings. The molecule has 2 saturated heterocycles. The van der Waals surface area contributed by atoms with Gasteiger partial charge in [0.15, 0.2) is 0 Å². The second kappa shape index (κ2) is 10.2. The van der Waals surface area contributed by atoms with Crippen molar-refractivity contribution in [2.45, 2.75) is 38.8 Å². The molecule has 0 saturated carbocycles. The predicted octanol–water partition coefficient (Wildman–Crippen LogP) is 4.54. The van der Waals surface area contributed by atoms with Gasteiger partial charge in [-0.25, -0.2) is 4.39 Å². The summed E-state index contributed by atoms with van der Waals surface area (Å²) in [6.45, 7) is 4.36. The SMILES string of the molecule is CCO[C@@H]1CN(Cc2ccccc2)C(=O)[C@@]2(CCCN(C(=O)c3cc(-c4ccccc4F)no3)C2)C1. The zero-order valence-corrected chi connectivity index (χ0v) is 20.4. The van der Waals surface area contributed by atoms with Gasteiger partial charge in [0.1, 0.15) is 11.5 Å². The van der Waals surface area contributed by atoms with E-state index >= 15 is 0 Å². The molecule has 2 amide bonds. The van der Waals surface area contributed by atoms with E-state index in [-0.39, 0.29) is 41.5 Å². The monoisotopic (exact) mass is 491 g/mol. The number of aromatic nitrogens is 1. The number of rotatable bonds is 6. The van der Waals surface area contributed by atoms with Crippen LogP contribution in [0.4, 0.5) is 4.39 Å². The van der Waals surface area contributed by atoms with Crippen LogP contribution in [-0.2, 0) is 16.1 Å². The molecule has 0 aliphatic carbocycles. The van der Waals surface area contributed by atoms with E-state index in [1.165, 1.54) is 12.1 Å². The molecule has 0 radical (unpaired) electrons. The van der Waals surface area contributed by atoms with Crippen molar-refractivity contribution >= 4 is 11.8 Å². The van der Waals surface area contributed by atoms with E-state index < -0.39 is 11.2 Å². The molecule has 2 aliphatic heterocycles. The first-order valence-electron chi connectivity index (χ1n) is 12.4. The maximum absolute atomic E-state index is 14.2. The van der Waals surface area contributed by atoms with Gasteiger partial charge in [-0.2, -0.15) is 0 Å². The number of ether oxygens (including phenoxy) is 1. The van der Waals surface area contributed by atoms with Crippen LogP contribution < -0.4 is 0 Å². The Morgan fingerprint density at radius 3 is 2.75 bits per heavy atom. The highest BCUT2D eigenvalue weighted by molar-refractivity contribution is 5.93. The lowest BCUT2D eigenvalue weighted by Crippen LogP contribution is -2.60. The first-order valence-corrected chi connectivity index (χ1v) is 12.4. The number of hydrogen-bond acceptors (Lipinski definition) is 5. The van der Waals surface area contributed by atoms with E-state index in [1.807, 2.05) is 42.2 Å². The lowest BCUT2D eigenvalue weighted by molar-refractivity contribution is -0.159. The van der Waals surface area contributed by atoms with Gasteiger partial charge < -0.3 is 19.1 Å². The molecule has 36 heavy (non-hydrogen) atoms. The zero-order chi connectivity index (χ0) is 25.1. The number of nitrogens with zero attached hydrogens (tertiary/aromatic N) is 3. The molecule has 188 valence electrons. The van der Waals surface area contributed by atoms with Crippen molar-refractivity contribution in [3.63, 3.8) is 0 Å². The Labute approximate surface area is 209 Å². The average molecular weight is 492 g/mol. The summed E-state index contributed by atoms with van der Waals surface area (Å²) in [5, 5.41) is 3.92. The quantitative estimate of drug-likeness (QED) is 0.506. The molecule has 0 N–H and O–H groups in total. The summed E-state index contributed by atoms with van der Waals surface area (Å²) in [7, 11) is 0. The first kappa shape index (κ1) is 24.2. The third-order valence-corrected chi connectivity index (χ3v) is 7.14. The van der Waals surface area contributed by atoms with E-state index in [1.54, 1.807) is 23.1 Å². The number of carbonyl (C=O) groups is 2. The minimum atomic E-state index is -0.713. The van der Waals surface area contributed by atoms with Crippen LogP contribution in [0.1, 0.15) is 42.3 Å². The highest BCUT2D eigenvalue weighted by Crippen LogP contribution is 2.41. The third kappa shape index (κ3) is 4.78. The van der Waals surface area contributed by atoms with Gasteiger partial charge >= 0.3 is 0 Å². The Bertz CT molecular complexity index is 1230. The highest BCUT2D eigenvalue weighted by atomic mass is 19.1. The van der Waals surface area contributed by atoms with Gasteiger partial charge in [-0.1, -0.05) is 47.6 Å². The van der Waals surface area contributed by atoms with Crippen LogP contribution >= 0.6 is 0 Å². The van der Waals surface area contributed by atoms with Gasteiger partial charge in [0.2, 0.25) is 11.7 Å². The molecule has 1 aromatic heterocycles. The number of hydrogen-bond donors (Lipinski definition) is 0. The van der Waals surface area contributed by atoms with Crippen LogP contribution in [-0.4, -0.2) is 59.1 Å². The predicted molar refractivity (Wildman–Crippen MR) is 131 cm³/mol. The molecule has 7 nitrogen and oxygen atoms in total. The van der Waals surface area contributed by atoms with Crippen molar-refractivity contribution in [3.8, 4) is 11.3 Å². The Morgan fingerprint density at radius 2 is 1.97 bits per heavy atom. The molecular formula is C28H30FN3O4. The minimum absolute atomic E-state index is 0.0380. The molecule has 1 spiro atoms. The standard InChI is InChI=1S/C28H30FN3O4/c1-2-35-21-16-28(27(34)32(18-21)17-20-9-4-3-5-10-20)13-8-14-31(19-28)26(33)25-15-24(30-36-25)22-11-6-7-12-23(22)29/h3-7,9-12,15,21H,2,8,13-14,16-19H2,1H3/t21-,28-/m0/s1. The van der Waals surface area contributed by atoms with Crippen LogP contribution in [0.2, 0.25) is 0 Å². The van der Waals surface area contributed by atoms with Crippen LogP contribution in [0.3, 0.4) is 0 Å². The molecule has 2 aliphatic rings. The summed E-state index contributed by atoms with van der Waals surface area (Å²) in [6, 6.07) is 17.6. The molecule has 0 bridgehead atoms. The minimum Gasteiger partial charge on any atom is -0.377 e. The zero-order valence-electron chi connectivity index (χ0n) is 20.4. The average Bonchev–Trinajstić information content (AvgIpc) is 3.38. The van der Waals surface area contributed by atoms with E-state index in [0.717, 1.165) is 5.56 Å². The Balaban J connectivity index is 1.37. The van der Waals surface area contributed by atoms with Gasteiger partial charge in [0, 0.05) is 44.4 Å². The van der Waals surface area contributed by atoms with Gasteiger partial charge in [-0.15, -0.1) is 0 Å². The molecule has 3 aromatic rings. The number of likely N-dealkylation sites (tertiary alicyclic amines) is 2. The fourth-order valence-corrected chi connectivity index (χ4v) is 5.51. The van der Waals surface area contributed by atoms with Crippen LogP contribution in [0.25, 0.3) is 11.3 Å². The fourth-order valence-electron chi connectivity index (χ4n) is 5.51. The normalized spacial score (nSPS) is 22.3. The molecule has 5 rings (SSSR count). The summed E-state index contributed by atoms with van der Waals surface area (Å²) >= 11 is 0. The summed E-state index contributed by atoms with van der Waals surface area (Å²) < 4.78 is 25.5. The molecule has 8 heteroatoms. The Kier molecular flexibility index (Phi) is 6.87. The summed E-state index contributed by atoms with van der Waals surface area (Å²) in [5.74, 6) is -0.680. The fraction of sp³-hybridized carbons (Fsp3) is 0.393. The Hall–Kier alpha value is -3.52. The molecular weight excluding hydrogens is 461 g/mol. The van der Waals surface area contributed by atoms with Crippen molar-refractivity contribution in [2.75, 3.05) is 26.2 Å². The smallest absolute Gasteiger partial charge is 0.292 e.